The van der Waals surface area contributed by atoms with Crippen LogP contribution in [0.4, 0.5) is 0 Å². The molecule has 1 N–H and O–H groups in total. The number of rotatable bonds is 2. The summed E-state index contributed by atoms with van der Waals surface area (Å²) in [6.45, 7) is 0. The molecule has 0 aliphatic heterocycles. The molecule has 2 nitrogen and oxygen atoms in total. The monoisotopic (exact) mass is 349 g/mol. The molecule has 0 fully saturated rings. The van der Waals surface area contributed by atoms with E-state index in [0.717, 1.165) is 22.4 Å². The quantitative estimate of drug-likeness (QED) is 0.607. The fourth-order valence-electron chi connectivity index (χ4n) is 2.23. The van der Waals surface area contributed by atoms with Crippen molar-refractivity contribution in [1.29, 1.82) is 0 Å². The van der Waals surface area contributed by atoms with Crippen LogP contribution in [-0.2, 0) is 0 Å². The van der Waals surface area contributed by atoms with Gasteiger partial charge in [0.25, 0.3) is 0 Å². The fourth-order valence-corrected chi connectivity index (χ4v) is 2.83. The maximum absolute atomic E-state index is 9.53. The fraction of sp³-hybridized carbons (Fsp3) is 0. The third-order valence-electron chi connectivity index (χ3n) is 3.24. The second kappa shape index (κ2) is 6.17. The Hall–Kier alpha value is -1.74. The van der Waals surface area contributed by atoms with Crippen molar-refractivity contribution in [2.75, 3.05) is 0 Å². The van der Waals surface area contributed by atoms with Crippen LogP contribution >= 0.6 is 34.8 Å². The predicted molar refractivity (Wildman–Crippen MR) is 91.8 cm³/mol. The lowest BCUT2D eigenvalue weighted by atomic mass is 9.97. The lowest BCUT2D eigenvalue weighted by molar-refractivity contribution is 0.475. The van der Waals surface area contributed by atoms with Gasteiger partial charge in [-0.05, 0) is 48.0 Å². The molecule has 0 aliphatic carbocycles. The molecule has 0 radical (unpaired) electrons. The summed E-state index contributed by atoms with van der Waals surface area (Å²) in [5.74, 6) is 0.105. The van der Waals surface area contributed by atoms with E-state index in [1.165, 1.54) is 6.07 Å². The van der Waals surface area contributed by atoms with Crippen molar-refractivity contribution in [3.05, 3.63) is 69.8 Å². The molecule has 0 amide bonds. The molecule has 5 heteroatoms. The van der Waals surface area contributed by atoms with E-state index in [9.17, 15) is 5.11 Å². The van der Waals surface area contributed by atoms with Crippen LogP contribution in [0.15, 0.2) is 54.7 Å². The van der Waals surface area contributed by atoms with Crippen LogP contribution in [0.2, 0.25) is 15.1 Å². The first-order chi connectivity index (χ1) is 10.6. The van der Waals surface area contributed by atoms with E-state index in [4.69, 9.17) is 34.8 Å². The first-order valence-electron chi connectivity index (χ1n) is 6.45. The van der Waals surface area contributed by atoms with Crippen LogP contribution in [-0.4, -0.2) is 10.1 Å². The molecule has 2 aromatic carbocycles. The number of hydrogen-bond acceptors (Lipinski definition) is 2. The summed E-state index contributed by atoms with van der Waals surface area (Å²) in [6.07, 6.45) is 1.71. The smallest absolute Gasteiger partial charge is 0.117 e. The average molecular weight is 351 g/mol. The topological polar surface area (TPSA) is 33.1 Å². The SMILES string of the molecule is Oc1ccc(-c2cc(Cl)c(Cl)cc2-c2ccccn2)c(Cl)c1. The van der Waals surface area contributed by atoms with Crippen LogP contribution in [0.5, 0.6) is 5.75 Å². The Morgan fingerprint density at radius 3 is 2.09 bits per heavy atom. The molecule has 0 saturated heterocycles. The van der Waals surface area contributed by atoms with Gasteiger partial charge in [0.05, 0.1) is 20.8 Å². The highest BCUT2D eigenvalue weighted by atomic mass is 35.5. The molecule has 22 heavy (non-hydrogen) atoms. The van der Waals surface area contributed by atoms with E-state index in [-0.39, 0.29) is 5.75 Å². The number of hydrogen-bond donors (Lipinski definition) is 1. The van der Waals surface area contributed by atoms with Gasteiger partial charge < -0.3 is 5.11 Å². The Morgan fingerprint density at radius 1 is 0.727 bits per heavy atom. The molecule has 1 heterocycles. The second-order valence-electron chi connectivity index (χ2n) is 4.69. The number of pyridine rings is 1. The summed E-state index contributed by atoms with van der Waals surface area (Å²) in [4.78, 5) is 4.36. The van der Waals surface area contributed by atoms with Gasteiger partial charge in [0.15, 0.2) is 0 Å². The zero-order chi connectivity index (χ0) is 15.7. The number of nitrogens with zero attached hydrogens (tertiary/aromatic N) is 1. The van der Waals surface area contributed by atoms with Crippen molar-refractivity contribution >= 4 is 34.8 Å². The van der Waals surface area contributed by atoms with Crippen molar-refractivity contribution in [1.82, 2.24) is 4.98 Å². The zero-order valence-electron chi connectivity index (χ0n) is 11.2. The van der Waals surface area contributed by atoms with Gasteiger partial charge in [-0.15, -0.1) is 0 Å². The summed E-state index contributed by atoms with van der Waals surface area (Å²) < 4.78 is 0. The van der Waals surface area contributed by atoms with E-state index in [2.05, 4.69) is 4.98 Å². The van der Waals surface area contributed by atoms with Gasteiger partial charge in [-0.2, -0.15) is 0 Å². The number of benzene rings is 2. The first-order valence-corrected chi connectivity index (χ1v) is 7.59. The number of halogens is 3. The van der Waals surface area contributed by atoms with Crippen molar-refractivity contribution in [2.45, 2.75) is 0 Å². The standard InChI is InChI=1S/C17H10Cl3NO/c18-14-7-10(22)4-5-11(14)12-8-15(19)16(20)9-13(12)17-3-1-2-6-21-17/h1-9,22H. The van der Waals surface area contributed by atoms with Gasteiger partial charge in [-0.1, -0.05) is 40.9 Å². The molecule has 1 aromatic heterocycles. The van der Waals surface area contributed by atoms with Gasteiger partial charge in [0, 0.05) is 17.3 Å². The van der Waals surface area contributed by atoms with E-state index in [1.807, 2.05) is 18.2 Å². The van der Waals surface area contributed by atoms with Crippen LogP contribution in [0.3, 0.4) is 0 Å². The Kier molecular flexibility index (Phi) is 4.25. The number of phenols is 1. The molecular formula is C17H10Cl3NO. The summed E-state index contributed by atoms with van der Waals surface area (Å²) in [7, 11) is 0. The highest BCUT2D eigenvalue weighted by Gasteiger charge is 2.14. The molecular weight excluding hydrogens is 341 g/mol. The maximum Gasteiger partial charge on any atom is 0.117 e. The summed E-state index contributed by atoms with van der Waals surface area (Å²) >= 11 is 18.6. The van der Waals surface area contributed by atoms with Crippen LogP contribution in [0, 0.1) is 0 Å². The second-order valence-corrected chi connectivity index (χ2v) is 5.91. The molecule has 0 bridgehead atoms. The van der Waals surface area contributed by atoms with Crippen molar-refractivity contribution in [3.8, 4) is 28.1 Å². The van der Waals surface area contributed by atoms with Crippen LogP contribution in [0.25, 0.3) is 22.4 Å². The zero-order valence-corrected chi connectivity index (χ0v) is 13.5. The van der Waals surface area contributed by atoms with Crippen molar-refractivity contribution in [3.63, 3.8) is 0 Å². The summed E-state index contributed by atoms with van der Waals surface area (Å²) in [5, 5.41) is 10.8. The molecule has 3 aromatic rings. The van der Waals surface area contributed by atoms with Gasteiger partial charge in [-0.25, -0.2) is 0 Å². The average Bonchev–Trinajstić information content (AvgIpc) is 2.51. The minimum Gasteiger partial charge on any atom is -0.508 e. The summed E-state index contributed by atoms with van der Waals surface area (Å²) in [5.41, 5.74) is 3.14. The maximum atomic E-state index is 9.53. The normalized spacial score (nSPS) is 10.7. The minimum absolute atomic E-state index is 0.105. The Labute approximate surface area is 142 Å². The van der Waals surface area contributed by atoms with Gasteiger partial charge in [0.1, 0.15) is 5.75 Å². The van der Waals surface area contributed by atoms with Crippen LogP contribution < -0.4 is 0 Å². The number of aromatic nitrogens is 1. The molecule has 0 spiro atoms. The largest absolute Gasteiger partial charge is 0.508 e. The Bertz CT molecular complexity index is 835. The highest BCUT2D eigenvalue weighted by molar-refractivity contribution is 6.42. The van der Waals surface area contributed by atoms with Gasteiger partial charge >= 0.3 is 0 Å². The molecule has 0 atom stereocenters. The van der Waals surface area contributed by atoms with E-state index in [1.54, 1.807) is 30.5 Å². The first kappa shape index (κ1) is 15.2. The Morgan fingerprint density at radius 2 is 1.45 bits per heavy atom. The van der Waals surface area contributed by atoms with Crippen molar-refractivity contribution < 1.29 is 5.11 Å². The minimum atomic E-state index is 0.105. The highest BCUT2D eigenvalue weighted by Crippen LogP contribution is 2.40. The van der Waals surface area contributed by atoms with Crippen LogP contribution in [0.1, 0.15) is 0 Å². The lowest BCUT2D eigenvalue weighted by Gasteiger charge is -2.13. The number of phenolic OH excluding ortho intramolecular Hbond substituents is 1. The van der Waals surface area contributed by atoms with E-state index in [0.29, 0.717) is 15.1 Å². The van der Waals surface area contributed by atoms with Crippen molar-refractivity contribution in [2.24, 2.45) is 0 Å². The third-order valence-corrected chi connectivity index (χ3v) is 4.28. The summed E-state index contributed by atoms with van der Waals surface area (Å²) in [6, 6.07) is 14.0. The number of aromatic hydroxyl groups is 1. The predicted octanol–water partition coefficient (Wildman–Crippen LogP) is 6.08. The lowest BCUT2D eigenvalue weighted by Crippen LogP contribution is -1.89. The van der Waals surface area contributed by atoms with Gasteiger partial charge in [0.2, 0.25) is 0 Å². The molecule has 110 valence electrons. The van der Waals surface area contributed by atoms with E-state index >= 15 is 0 Å². The molecule has 0 aliphatic rings. The molecule has 3 rings (SSSR count). The third kappa shape index (κ3) is 2.91. The van der Waals surface area contributed by atoms with E-state index < -0.39 is 0 Å². The molecule has 0 saturated carbocycles. The Balaban J connectivity index is 2.29. The van der Waals surface area contributed by atoms with Gasteiger partial charge in [-0.3, -0.25) is 4.98 Å². The molecule has 0 unspecified atom stereocenters.